The molecule has 2 aromatic rings. The van der Waals surface area contributed by atoms with Gasteiger partial charge in [0, 0.05) is 34.2 Å². The van der Waals surface area contributed by atoms with Crippen LogP contribution in [0.5, 0.6) is 0 Å². The molecule has 0 spiro atoms. The van der Waals surface area contributed by atoms with Crippen LogP contribution >= 0.6 is 46.1 Å². The predicted molar refractivity (Wildman–Crippen MR) is 102 cm³/mol. The maximum Gasteiger partial charge on any atom is 0.265 e. The molecule has 1 unspecified atom stereocenters. The van der Waals surface area contributed by atoms with Gasteiger partial charge in [0.25, 0.3) is 5.91 Å². The van der Waals surface area contributed by atoms with Gasteiger partial charge in [-0.25, -0.2) is 0 Å². The number of nitrogens with zero attached hydrogens (tertiary/aromatic N) is 2. The van der Waals surface area contributed by atoms with E-state index in [1.165, 1.54) is 24.2 Å². The normalized spacial score (nSPS) is 22.0. The van der Waals surface area contributed by atoms with Crippen LogP contribution in [0.4, 0.5) is 0 Å². The number of hydrogen-bond donors (Lipinski definition) is 0. The van der Waals surface area contributed by atoms with E-state index in [9.17, 15) is 4.79 Å². The average molecular weight is 404 g/mol. The van der Waals surface area contributed by atoms with Crippen LogP contribution in [0.25, 0.3) is 10.1 Å². The molecule has 2 fully saturated rings. The monoisotopic (exact) mass is 402 g/mol. The summed E-state index contributed by atoms with van der Waals surface area (Å²) in [5.74, 6) is 0.00934. The van der Waals surface area contributed by atoms with E-state index in [-0.39, 0.29) is 5.91 Å². The summed E-state index contributed by atoms with van der Waals surface area (Å²) < 4.78 is 0.858. The van der Waals surface area contributed by atoms with E-state index < -0.39 is 0 Å². The van der Waals surface area contributed by atoms with Gasteiger partial charge in [0.2, 0.25) is 0 Å². The highest BCUT2D eigenvalue weighted by Gasteiger charge is 2.33. The molecule has 7 heteroatoms. The lowest BCUT2D eigenvalue weighted by Crippen LogP contribution is -2.37. The Balaban J connectivity index is 1.60. The summed E-state index contributed by atoms with van der Waals surface area (Å²) in [5.41, 5.74) is 0. The van der Waals surface area contributed by atoms with Gasteiger partial charge in [-0.1, -0.05) is 34.8 Å². The first-order valence-corrected chi connectivity index (χ1v) is 10.1. The molecular formula is C17H17Cl3N2OS. The molecule has 2 saturated heterocycles. The molecule has 128 valence electrons. The van der Waals surface area contributed by atoms with Gasteiger partial charge in [-0.2, -0.15) is 0 Å². The second kappa shape index (κ2) is 6.65. The average Bonchev–Trinajstić information content (AvgIpc) is 3.25. The summed E-state index contributed by atoms with van der Waals surface area (Å²) in [5, 5.41) is 2.23. The first-order valence-electron chi connectivity index (χ1n) is 8.15. The maximum absolute atomic E-state index is 13.0. The van der Waals surface area contributed by atoms with Crippen molar-refractivity contribution in [3.8, 4) is 0 Å². The number of amides is 1. The predicted octanol–water partition coefficient (Wildman–Crippen LogP) is 5.17. The first kappa shape index (κ1) is 16.9. The minimum Gasteiger partial charge on any atom is -0.336 e. The molecule has 0 N–H and O–H groups in total. The minimum absolute atomic E-state index is 0.00934. The Kier molecular flexibility index (Phi) is 4.69. The molecule has 2 aliphatic rings. The van der Waals surface area contributed by atoms with Crippen molar-refractivity contribution in [1.82, 2.24) is 9.80 Å². The van der Waals surface area contributed by atoms with Crippen molar-refractivity contribution in [3.63, 3.8) is 0 Å². The van der Waals surface area contributed by atoms with Gasteiger partial charge in [-0.3, -0.25) is 9.69 Å². The fourth-order valence-electron chi connectivity index (χ4n) is 3.72. The SMILES string of the molecule is O=C(c1sc2cc(Cl)cc(Cl)c2c1Cl)N1CCC(N2CCCC2)C1. The highest BCUT2D eigenvalue weighted by molar-refractivity contribution is 7.21. The van der Waals surface area contributed by atoms with E-state index >= 15 is 0 Å². The Morgan fingerprint density at radius 3 is 2.62 bits per heavy atom. The lowest BCUT2D eigenvalue weighted by molar-refractivity contribution is 0.0785. The molecule has 24 heavy (non-hydrogen) atoms. The molecule has 0 aliphatic carbocycles. The summed E-state index contributed by atoms with van der Waals surface area (Å²) in [7, 11) is 0. The van der Waals surface area contributed by atoms with Crippen molar-refractivity contribution < 1.29 is 4.79 Å². The van der Waals surface area contributed by atoms with Crippen LogP contribution < -0.4 is 0 Å². The van der Waals surface area contributed by atoms with Crippen LogP contribution in [-0.2, 0) is 0 Å². The Labute approximate surface area is 160 Å². The zero-order valence-electron chi connectivity index (χ0n) is 13.0. The van der Waals surface area contributed by atoms with Gasteiger partial charge in [0.05, 0.1) is 10.0 Å². The Hall–Kier alpha value is -0.520. The smallest absolute Gasteiger partial charge is 0.265 e. The number of likely N-dealkylation sites (tertiary alicyclic amines) is 2. The number of carbonyl (C=O) groups is 1. The Morgan fingerprint density at radius 2 is 1.88 bits per heavy atom. The number of benzene rings is 1. The molecule has 1 amide bonds. The largest absolute Gasteiger partial charge is 0.336 e. The standard InChI is InChI=1S/C17H17Cl3N2OS/c18-10-7-12(19)14-13(8-10)24-16(15(14)20)17(23)22-6-3-11(9-22)21-4-1-2-5-21/h7-8,11H,1-6,9H2. The summed E-state index contributed by atoms with van der Waals surface area (Å²) in [6, 6.07) is 3.97. The summed E-state index contributed by atoms with van der Waals surface area (Å²) in [4.78, 5) is 18.0. The number of carbonyl (C=O) groups excluding carboxylic acids is 1. The van der Waals surface area contributed by atoms with Crippen LogP contribution in [-0.4, -0.2) is 47.9 Å². The Morgan fingerprint density at radius 1 is 1.12 bits per heavy atom. The van der Waals surface area contributed by atoms with Gasteiger partial charge in [-0.05, 0) is 44.5 Å². The topological polar surface area (TPSA) is 23.6 Å². The molecule has 4 rings (SSSR count). The van der Waals surface area contributed by atoms with Gasteiger partial charge in [0.15, 0.2) is 0 Å². The van der Waals surface area contributed by atoms with E-state index in [1.54, 1.807) is 6.07 Å². The molecule has 3 nitrogen and oxygen atoms in total. The van der Waals surface area contributed by atoms with E-state index in [1.807, 2.05) is 11.0 Å². The van der Waals surface area contributed by atoms with Crippen molar-refractivity contribution >= 4 is 62.1 Å². The Bertz CT molecular complexity index is 801. The molecule has 0 bridgehead atoms. The van der Waals surface area contributed by atoms with Crippen molar-refractivity contribution in [2.75, 3.05) is 26.2 Å². The number of halogens is 3. The molecule has 3 heterocycles. The lowest BCUT2D eigenvalue weighted by atomic mass is 10.2. The second-order valence-corrected chi connectivity index (χ2v) is 8.72. The fourth-order valence-corrected chi connectivity index (χ4v) is 6.07. The number of hydrogen-bond acceptors (Lipinski definition) is 3. The number of rotatable bonds is 2. The molecule has 1 atom stereocenters. The van der Waals surface area contributed by atoms with Gasteiger partial charge in [0.1, 0.15) is 4.88 Å². The molecule has 1 aromatic carbocycles. The third kappa shape index (κ3) is 2.93. The maximum atomic E-state index is 13.0. The van der Waals surface area contributed by atoms with Crippen molar-refractivity contribution in [2.45, 2.75) is 25.3 Å². The van der Waals surface area contributed by atoms with E-state index in [4.69, 9.17) is 34.8 Å². The summed E-state index contributed by atoms with van der Waals surface area (Å²) in [6.45, 7) is 3.89. The third-order valence-electron chi connectivity index (χ3n) is 4.95. The quantitative estimate of drug-likeness (QED) is 0.690. The summed E-state index contributed by atoms with van der Waals surface area (Å²) >= 11 is 20.2. The van der Waals surface area contributed by atoms with Crippen molar-refractivity contribution in [2.24, 2.45) is 0 Å². The molecular weight excluding hydrogens is 387 g/mol. The van der Waals surface area contributed by atoms with Gasteiger partial charge >= 0.3 is 0 Å². The van der Waals surface area contributed by atoms with Crippen molar-refractivity contribution in [1.29, 1.82) is 0 Å². The minimum atomic E-state index is 0.00934. The molecule has 0 radical (unpaired) electrons. The van der Waals surface area contributed by atoms with Gasteiger partial charge in [-0.15, -0.1) is 11.3 Å². The highest BCUT2D eigenvalue weighted by atomic mass is 35.5. The fraction of sp³-hybridized carbons (Fsp3) is 0.471. The highest BCUT2D eigenvalue weighted by Crippen LogP contribution is 2.42. The van der Waals surface area contributed by atoms with E-state index in [0.29, 0.717) is 26.0 Å². The zero-order valence-corrected chi connectivity index (χ0v) is 16.1. The third-order valence-corrected chi connectivity index (χ3v) is 7.08. The van der Waals surface area contributed by atoms with Crippen LogP contribution in [0.15, 0.2) is 12.1 Å². The summed E-state index contributed by atoms with van der Waals surface area (Å²) in [6.07, 6.45) is 3.58. The zero-order chi connectivity index (χ0) is 16.8. The van der Waals surface area contributed by atoms with Crippen LogP contribution in [0.1, 0.15) is 28.9 Å². The van der Waals surface area contributed by atoms with Crippen LogP contribution in [0, 0.1) is 0 Å². The number of fused-ring (bicyclic) bond motifs is 1. The second-order valence-electron chi connectivity index (χ2n) is 6.44. The molecule has 1 aromatic heterocycles. The van der Waals surface area contributed by atoms with Crippen LogP contribution in [0.3, 0.4) is 0 Å². The molecule has 2 aliphatic heterocycles. The lowest BCUT2D eigenvalue weighted by Gasteiger charge is -2.23. The van der Waals surface area contributed by atoms with E-state index in [2.05, 4.69) is 4.90 Å². The molecule has 0 saturated carbocycles. The van der Waals surface area contributed by atoms with Gasteiger partial charge < -0.3 is 4.90 Å². The number of thiophene rings is 1. The van der Waals surface area contributed by atoms with E-state index in [0.717, 1.165) is 42.7 Å². The van der Waals surface area contributed by atoms with Crippen LogP contribution in [0.2, 0.25) is 15.1 Å². The van der Waals surface area contributed by atoms with Crippen molar-refractivity contribution in [3.05, 3.63) is 32.1 Å². The first-order chi connectivity index (χ1) is 11.5.